The number of sulfonamides is 1. The Hall–Kier alpha value is -4.22. The highest BCUT2D eigenvalue weighted by Crippen LogP contribution is 2.21. The Kier molecular flexibility index (Phi) is 8.08. The molecule has 1 aromatic heterocycles. The molecular formula is C27H28N4O6S. The molecule has 3 aromatic carbocycles. The fourth-order valence-electron chi connectivity index (χ4n) is 3.95. The van der Waals surface area contributed by atoms with Crippen LogP contribution in [0.1, 0.15) is 35.4 Å². The number of benzene rings is 3. The predicted molar refractivity (Wildman–Crippen MR) is 145 cm³/mol. The topological polar surface area (TPSA) is 143 Å². The third-order valence-electron chi connectivity index (χ3n) is 6.00. The maximum Gasteiger partial charge on any atom is 0.337 e. The van der Waals surface area contributed by atoms with Crippen LogP contribution in [-0.4, -0.2) is 48.4 Å². The Balaban J connectivity index is 1.39. The van der Waals surface area contributed by atoms with Gasteiger partial charge in [0.1, 0.15) is 0 Å². The van der Waals surface area contributed by atoms with Crippen LogP contribution in [0.25, 0.3) is 11.0 Å². The second-order valence-corrected chi connectivity index (χ2v) is 10.4. The number of carbonyl (C=O) groups is 1. The number of anilines is 1. The zero-order valence-corrected chi connectivity index (χ0v) is 21.7. The van der Waals surface area contributed by atoms with Crippen molar-refractivity contribution in [2.45, 2.75) is 30.9 Å². The van der Waals surface area contributed by atoms with Crippen molar-refractivity contribution >= 4 is 38.4 Å². The van der Waals surface area contributed by atoms with E-state index in [4.69, 9.17) is 4.74 Å². The molecule has 0 spiro atoms. The summed E-state index contributed by atoms with van der Waals surface area (Å²) in [5.74, 6) is -0.485. The molecule has 11 heteroatoms. The summed E-state index contributed by atoms with van der Waals surface area (Å²) in [5, 5.41) is 10.7. The van der Waals surface area contributed by atoms with Crippen molar-refractivity contribution in [1.29, 1.82) is 0 Å². The number of aliphatic hydroxyl groups excluding tert-OH is 1. The normalized spacial score (nSPS) is 12.9. The first-order chi connectivity index (χ1) is 18.2. The van der Waals surface area contributed by atoms with Gasteiger partial charge in [-0.25, -0.2) is 18.0 Å². The first-order valence-corrected chi connectivity index (χ1v) is 13.3. The third kappa shape index (κ3) is 6.18. The van der Waals surface area contributed by atoms with E-state index in [1.807, 2.05) is 6.92 Å². The number of ether oxygens (including phenoxy) is 1. The number of aliphatic hydroxyl groups is 1. The number of aromatic nitrogens is 2. The molecule has 0 amide bonds. The zero-order valence-electron chi connectivity index (χ0n) is 20.9. The number of nitrogens with zero attached hydrogens (tertiary/aromatic N) is 2. The van der Waals surface area contributed by atoms with Crippen LogP contribution in [0.15, 0.2) is 87.5 Å². The molecular weight excluding hydrogens is 508 g/mol. The average molecular weight is 537 g/mol. The number of aromatic amines is 1. The molecule has 4 aromatic rings. The Bertz CT molecular complexity index is 1640. The van der Waals surface area contributed by atoms with Gasteiger partial charge in [-0.3, -0.25) is 14.3 Å². The van der Waals surface area contributed by atoms with E-state index in [1.165, 1.54) is 19.2 Å². The lowest BCUT2D eigenvalue weighted by molar-refractivity contribution is 0.0601. The van der Waals surface area contributed by atoms with E-state index in [-0.39, 0.29) is 17.1 Å². The zero-order chi connectivity index (χ0) is 27.3. The van der Waals surface area contributed by atoms with E-state index >= 15 is 0 Å². The molecule has 3 N–H and O–H groups in total. The summed E-state index contributed by atoms with van der Waals surface area (Å²) in [5.41, 5.74) is 2.82. The largest absolute Gasteiger partial charge is 0.465 e. The first-order valence-electron chi connectivity index (χ1n) is 11.8. The highest BCUT2D eigenvalue weighted by atomic mass is 32.2. The number of hydrogen-bond acceptors (Lipinski definition) is 7. The number of aryl methyl sites for hydroxylation is 1. The number of nitrogens with one attached hydrogen (secondary N) is 2. The number of carbonyl (C=O) groups excluding carboxylic acids is 1. The average Bonchev–Trinajstić information content (AvgIpc) is 3.24. The van der Waals surface area contributed by atoms with Gasteiger partial charge in [-0.15, -0.1) is 0 Å². The minimum absolute atomic E-state index is 0.0754. The van der Waals surface area contributed by atoms with Crippen molar-refractivity contribution < 1.29 is 23.1 Å². The SMILES string of the molecule is COC(=O)c1ccc2c(c1)[nH]c(=O)n2CC/C(C)=N/CC(O)c1cccc(NS(=O)(=O)c2ccccc2)c1. The number of methoxy groups -OCH3 is 1. The van der Waals surface area contributed by atoms with Crippen molar-refractivity contribution in [2.75, 3.05) is 18.4 Å². The summed E-state index contributed by atoms with van der Waals surface area (Å²) in [7, 11) is -2.46. The molecule has 1 atom stereocenters. The van der Waals surface area contributed by atoms with Crippen molar-refractivity contribution in [3.05, 3.63) is 94.4 Å². The summed E-state index contributed by atoms with van der Waals surface area (Å²) >= 11 is 0. The van der Waals surface area contributed by atoms with Gasteiger partial charge in [0, 0.05) is 24.4 Å². The minimum Gasteiger partial charge on any atom is -0.465 e. The monoisotopic (exact) mass is 536 g/mol. The molecule has 0 aliphatic heterocycles. The molecule has 0 aliphatic carbocycles. The van der Waals surface area contributed by atoms with Crippen LogP contribution in [0.3, 0.4) is 0 Å². The third-order valence-corrected chi connectivity index (χ3v) is 7.40. The second kappa shape index (κ2) is 11.4. The summed E-state index contributed by atoms with van der Waals surface area (Å²) in [6.45, 7) is 2.25. The molecule has 1 heterocycles. The van der Waals surface area contributed by atoms with Crippen molar-refractivity contribution in [3.63, 3.8) is 0 Å². The number of esters is 1. The van der Waals surface area contributed by atoms with E-state index in [9.17, 15) is 23.1 Å². The van der Waals surface area contributed by atoms with Gasteiger partial charge in [0.2, 0.25) is 0 Å². The predicted octanol–water partition coefficient (Wildman–Crippen LogP) is 3.50. The molecule has 198 valence electrons. The highest BCUT2D eigenvalue weighted by Gasteiger charge is 2.15. The van der Waals surface area contributed by atoms with Crippen molar-refractivity contribution in [2.24, 2.45) is 4.99 Å². The number of aliphatic imine (C=N–C) groups is 1. The van der Waals surface area contributed by atoms with Gasteiger partial charge in [-0.2, -0.15) is 0 Å². The Morgan fingerprint density at radius 2 is 1.87 bits per heavy atom. The summed E-state index contributed by atoms with van der Waals surface area (Å²) in [6.07, 6.45) is -0.478. The lowest BCUT2D eigenvalue weighted by atomic mass is 10.1. The molecule has 0 fully saturated rings. The Morgan fingerprint density at radius 1 is 1.11 bits per heavy atom. The lowest BCUT2D eigenvalue weighted by Gasteiger charge is -2.13. The standard InChI is InChI=1S/C27H28N4O6S/c1-18(13-14-31-24-12-11-20(26(33)37-2)16-23(24)29-27(31)34)28-17-25(32)19-7-6-8-21(15-19)30-38(35,36)22-9-4-3-5-10-22/h3-12,15-16,25,30,32H,13-14,17H2,1-2H3,(H,29,34)/b28-18+. The molecule has 0 saturated carbocycles. The van der Waals surface area contributed by atoms with Crippen LogP contribution in [0.5, 0.6) is 0 Å². The maximum absolute atomic E-state index is 12.6. The Labute approximate surface area is 219 Å². The molecule has 38 heavy (non-hydrogen) atoms. The summed E-state index contributed by atoms with van der Waals surface area (Å²) < 4.78 is 34.0. The van der Waals surface area contributed by atoms with Crippen LogP contribution in [0, 0.1) is 0 Å². The van der Waals surface area contributed by atoms with Gasteiger partial charge in [-0.05, 0) is 55.0 Å². The molecule has 10 nitrogen and oxygen atoms in total. The molecule has 1 unspecified atom stereocenters. The van der Waals surface area contributed by atoms with Gasteiger partial charge in [-0.1, -0.05) is 30.3 Å². The number of rotatable bonds is 10. The minimum atomic E-state index is -3.75. The smallest absolute Gasteiger partial charge is 0.337 e. The molecule has 0 aliphatic rings. The van der Waals surface area contributed by atoms with Crippen LogP contribution in [0.4, 0.5) is 5.69 Å². The maximum atomic E-state index is 12.6. The van der Waals surface area contributed by atoms with Gasteiger partial charge in [0.25, 0.3) is 10.0 Å². The number of H-pyrrole nitrogens is 1. The van der Waals surface area contributed by atoms with E-state index in [1.54, 1.807) is 65.2 Å². The second-order valence-electron chi connectivity index (χ2n) is 8.69. The fraction of sp³-hybridized carbons (Fsp3) is 0.222. The summed E-state index contributed by atoms with van der Waals surface area (Å²) in [6, 6.07) is 19.4. The number of hydrogen-bond donors (Lipinski definition) is 3. The van der Waals surface area contributed by atoms with E-state index in [2.05, 4.69) is 14.7 Å². The van der Waals surface area contributed by atoms with Gasteiger partial charge in [0.05, 0.1) is 41.3 Å². The van der Waals surface area contributed by atoms with Gasteiger partial charge >= 0.3 is 11.7 Å². The van der Waals surface area contributed by atoms with Crippen molar-refractivity contribution in [3.8, 4) is 0 Å². The summed E-state index contributed by atoms with van der Waals surface area (Å²) in [4.78, 5) is 31.5. The quantitative estimate of drug-likeness (QED) is 0.209. The van der Waals surface area contributed by atoms with Gasteiger partial charge in [0.15, 0.2) is 0 Å². The van der Waals surface area contributed by atoms with E-state index < -0.39 is 22.1 Å². The molecule has 4 rings (SSSR count). The van der Waals surface area contributed by atoms with Crippen LogP contribution in [0.2, 0.25) is 0 Å². The van der Waals surface area contributed by atoms with Crippen LogP contribution in [-0.2, 0) is 21.3 Å². The van der Waals surface area contributed by atoms with Crippen LogP contribution >= 0.6 is 0 Å². The molecule has 0 radical (unpaired) electrons. The van der Waals surface area contributed by atoms with E-state index in [0.717, 1.165) is 5.71 Å². The Morgan fingerprint density at radius 3 is 2.61 bits per heavy atom. The van der Waals surface area contributed by atoms with Crippen molar-refractivity contribution in [1.82, 2.24) is 9.55 Å². The van der Waals surface area contributed by atoms with Gasteiger partial charge < -0.3 is 14.8 Å². The van der Waals surface area contributed by atoms with E-state index in [0.29, 0.717) is 40.8 Å². The first kappa shape index (κ1) is 26.8. The molecule has 0 saturated heterocycles. The lowest BCUT2D eigenvalue weighted by Crippen LogP contribution is -2.18. The number of imidazole rings is 1. The number of fused-ring (bicyclic) bond motifs is 1. The van der Waals surface area contributed by atoms with Crippen LogP contribution < -0.4 is 10.4 Å². The molecule has 0 bridgehead atoms. The fourth-order valence-corrected chi connectivity index (χ4v) is 5.02. The highest BCUT2D eigenvalue weighted by molar-refractivity contribution is 7.92.